The first-order chi connectivity index (χ1) is 20.8. The summed E-state index contributed by atoms with van der Waals surface area (Å²) in [6, 6.07) is 13.1. The highest BCUT2D eigenvalue weighted by atomic mass is 35.5. The Labute approximate surface area is 266 Å². The van der Waals surface area contributed by atoms with Crippen LogP contribution in [0.1, 0.15) is 37.7 Å². The molecule has 2 aliphatic heterocycles. The summed E-state index contributed by atoms with van der Waals surface area (Å²) >= 11 is 14.1. The molecule has 0 radical (unpaired) electrons. The van der Waals surface area contributed by atoms with Crippen LogP contribution in [0.3, 0.4) is 0 Å². The van der Waals surface area contributed by atoms with Gasteiger partial charge in [0, 0.05) is 47.6 Å². The van der Waals surface area contributed by atoms with Crippen molar-refractivity contribution in [2.45, 2.75) is 55.5 Å². The van der Waals surface area contributed by atoms with E-state index in [1.807, 2.05) is 42.2 Å². The van der Waals surface area contributed by atoms with Crippen LogP contribution in [0.5, 0.6) is 0 Å². The molecule has 2 fully saturated rings. The van der Waals surface area contributed by atoms with E-state index in [0.717, 1.165) is 56.0 Å². The van der Waals surface area contributed by atoms with E-state index in [4.69, 9.17) is 33.9 Å². The average Bonchev–Trinajstić information content (AvgIpc) is 3.62. The molecule has 43 heavy (non-hydrogen) atoms. The van der Waals surface area contributed by atoms with Crippen LogP contribution in [0.2, 0.25) is 5.02 Å². The Kier molecular flexibility index (Phi) is 9.04. The molecule has 1 aliphatic carbocycles. The monoisotopic (exact) mass is 637 g/mol. The quantitative estimate of drug-likeness (QED) is 0.244. The minimum absolute atomic E-state index is 0.0917. The number of hydrogen-bond donors (Lipinski definition) is 1. The molecule has 0 bridgehead atoms. The summed E-state index contributed by atoms with van der Waals surface area (Å²) in [7, 11) is 0. The molecule has 3 aliphatic rings. The second-order valence-electron chi connectivity index (χ2n) is 12.0. The number of likely N-dealkylation sites (tertiary alicyclic amines) is 2. The SMILES string of the molecule is Cc1cccc2c(=O)n(-c3cccc(Cl)c3)c(SC(CCCN)C(=O)N3CCC4(CCN(C5C=CC=C(Cl)C5)C4)C3)nc12. The lowest BCUT2D eigenvalue weighted by Crippen LogP contribution is -2.40. The van der Waals surface area contributed by atoms with Crippen molar-refractivity contribution in [3.63, 3.8) is 0 Å². The third-order valence-corrected chi connectivity index (χ3v) is 10.8. The van der Waals surface area contributed by atoms with E-state index >= 15 is 0 Å². The van der Waals surface area contributed by atoms with Crippen molar-refractivity contribution in [2.75, 3.05) is 32.7 Å². The lowest BCUT2D eigenvalue weighted by Gasteiger charge is -2.30. The van der Waals surface area contributed by atoms with Crippen LogP contribution >= 0.6 is 35.0 Å². The van der Waals surface area contributed by atoms with Gasteiger partial charge in [-0.3, -0.25) is 19.1 Å². The van der Waals surface area contributed by atoms with E-state index in [1.54, 1.807) is 22.8 Å². The zero-order valence-corrected chi connectivity index (χ0v) is 26.7. The number of allylic oxidation sites excluding steroid dienone is 2. The zero-order chi connectivity index (χ0) is 30.1. The standard InChI is InChI=1S/C33H37Cl2N5O2S/c1-22-6-2-11-27-29(22)37-32(40(30(27)41)26-10-4-8-24(35)19-26)43-28(12-5-15-36)31(42)39-17-14-33(21-39)13-16-38(20-33)25-9-3-7-23(34)18-25/h2-4,6-11,19,25,28H,5,12-18,20-21,36H2,1H3. The summed E-state index contributed by atoms with van der Waals surface area (Å²) in [5.74, 6) is 0.0917. The van der Waals surface area contributed by atoms with E-state index in [2.05, 4.69) is 17.1 Å². The van der Waals surface area contributed by atoms with E-state index in [9.17, 15) is 9.59 Å². The number of fused-ring (bicyclic) bond motifs is 1. The molecule has 2 N–H and O–H groups in total. The van der Waals surface area contributed by atoms with Crippen LogP contribution in [-0.2, 0) is 4.79 Å². The van der Waals surface area contributed by atoms with Crippen LogP contribution in [0.25, 0.3) is 16.6 Å². The van der Waals surface area contributed by atoms with Gasteiger partial charge in [0.2, 0.25) is 5.91 Å². The molecule has 10 heteroatoms. The molecule has 3 aromatic rings. The molecule has 3 atom stereocenters. The van der Waals surface area contributed by atoms with Crippen molar-refractivity contribution in [1.82, 2.24) is 19.4 Å². The van der Waals surface area contributed by atoms with Crippen LogP contribution in [0.15, 0.2) is 75.7 Å². The summed E-state index contributed by atoms with van der Waals surface area (Å²) in [4.78, 5) is 37.7. The van der Waals surface area contributed by atoms with Gasteiger partial charge in [0.1, 0.15) is 0 Å². The molecule has 2 saturated heterocycles. The van der Waals surface area contributed by atoms with Gasteiger partial charge in [0.25, 0.3) is 5.56 Å². The van der Waals surface area contributed by atoms with Gasteiger partial charge >= 0.3 is 0 Å². The van der Waals surface area contributed by atoms with Crippen molar-refractivity contribution in [3.8, 4) is 5.69 Å². The molecular weight excluding hydrogens is 601 g/mol. The van der Waals surface area contributed by atoms with Crippen molar-refractivity contribution in [3.05, 3.63) is 86.7 Å². The summed E-state index contributed by atoms with van der Waals surface area (Å²) in [6.45, 7) is 5.90. The van der Waals surface area contributed by atoms with Gasteiger partial charge in [-0.05, 0) is 81.6 Å². The Morgan fingerprint density at radius 2 is 1.98 bits per heavy atom. The second kappa shape index (κ2) is 12.8. The highest BCUT2D eigenvalue weighted by molar-refractivity contribution is 8.00. The Hall–Kier alpha value is -2.62. The molecule has 3 unspecified atom stereocenters. The predicted octanol–water partition coefficient (Wildman–Crippen LogP) is 5.92. The summed E-state index contributed by atoms with van der Waals surface area (Å²) in [5.41, 5.74) is 8.03. The number of amides is 1. The maximum Gasteiger partial charge on any atom is 0.266 e. The largest absolute Gasteiger partial charge is 0.341 e. The molecule has 226 valence electrons. The van der Waals surface area contributed by atoms with Gasteiger partial charge in [0.15, 0.2) is 5.16 Å². The van der Waals surface area contributed by atoms with Gasteiger partial charge < -0.3 is 10.6 Å². The van der Waals surface area contributed by atoms with Crippen LogP contribution in [0.4, 0.5) is 0 Å². The number of para-hydroxylation sites is 1. The van der Waals surface area contributed by atoms with Crippen molar-refractivity contribution in [1.29, 1.82) is 0 Å². The van der Waals surface area contributed by atoms with Crippen molar-refractivity contribution >= 4 is 51.8 Å². The van der Waals surface area contributed by atoms with Crippen molar-refractivity contribution < 1.29 is 4.79 Å². The van der Waals surface area contributed by atoms with Crippen LogP contribution in [-0.4, -0.2) is 69.3 Å². The number of nitrogens with zero attached hydrogens (tertiary/aromatic N) is 4. The zero-order valence-electron chi connectivity index (χ0n) is 24.3. The minimum atomic E-state index is -0.416. The number of rotatable bonds is 8. The summed E-state index contributed by atoms with van der Waals surface area (Å²) < 4.78 is 1.60. The Morgan fingerprint density at radius 3 is 2.77 bits per heavy atom. The van der Waals surface area contributed by atoms with E-state index in [0.29, 0.717) is 52.2 Å². The van der Waals surface area contributed by atoms with Gasteiger partial charge in [-0.15, -0.1) is 0 Å². The lowest BCUT2D eigenvalue weighted by molar-refractivity contribution is -0.130. The molecule has 1 spiro atoms. The third kappa shape index (κ3) is 6.31. The first-order valence-electron chi connectivity index (χ1n) is 15.0. The van der Waals surface area contributed by atoms with E-state index in [1.165, 1.54) is 11.8 Å². The minimum Gasteiger partial charge on any atom is -0.341 e. The highest BCUT2D eigenvalue weighted by Crippen LogP contribution is 2.42. The number of benzene rings is 2. The number of nitrogens with two attached hydrogens (primary N) is 1. The molecule has 1 amide bonds. The van der Waals surface area contributed by atoms with Crippen LogP contribution in [0, 0.1) is 12.3 Å². The maximum absolute atomic E-state index is 14.2. The number of thioether (sulfide) groups is 1. The Balaban J connectivity index is 1.28. The normalized spacial score (nSPS) is 22.9. The first-order valence-corrected chi connectivity index (χ1v) is 16.6. The fraction of sp³-hybridized carbons (Fsp3) is 0.424. The van der Waals surface area contributed by atoms with Gasteiger partial charge in [-0.1, -0.05) is 65.3 Å². The Morgan fingerprint density at radius 1 is 1.16 bits per heavy atom. The second-order valence-corrected chi connectivity index (χ2v) is 14.1. The van der Waals surface area contributed by atoms with Crippen molar-refractivity contribution in [2.24, 2.45) is 11.1 Å². The molecule has 6 rings (SSSR count). The molecule has 3 heterocycles. The molecule has 2 aromatic carbocycles. The molecule has 7 nitrogen and oxygen atoms in total. The summed E-state index contributed by atoms with van der Waals surface area (Å²) in [5, 5.41) is 2.02. The summed E-state index contributed by atoms with van der Waals surface area (Å²) in [6.07, 6.45) is 10.5. The Bertz CT molecular complexity index is 1660. The molecular formula is C33H37Cl2N5O2S. The fourth-order valence-corrected chi connectivity index (χ4v) is 8.35. The maximum atomic E-state index is 14.2. The number of aryl methyl sites for hydroxylation is 1. The fourth-order valence-electron chi connectivity index (χ4n) is 6.71. The number of hydrogen-bond acceptors (Lipinski definition) is 6. The van der Waals surface area contributed by atoms with Gasteiger partial charge in [-0.2, -0.15) is 0 Å². The predicted molar refractivity (Wildman–Crippen MR) is 176 cm³/mol. The molecule has 1 aromatic heterocycles. The topological polar surface area (TPSA) is 84.5 Å². The van der Waals surface area contributed by atoms with E-state index in [-0.39, 0.29) is 16.9 Å². The van der Waals surface area contributed by atoms with Gasteiger partial charge in [0.05, 0.1) is 21.8 Å². The number of halogens is 2. The van der Waals surface area contributed by atoms with Crippen LogP contribution < -0.4 is 11.3 Å². The smallest absolute Gasteiger partial charge is 0.266 e. The highest BCUT2D eigenvalue weighted by Gasteiger charge is 2.46. The van der Waals surface area contributed by atoms with E-state index < -0.39 is 5.25 Å². The number of carbonyl (C=O) groups excluding carboxylic acids is 1. The third-order valence-electron chi connectivity index (χ3n) is 9.03. The van der Waals surface area contributed by atoms with Gasteiger partial charge in [-0.25, -0.2) is 4.98 Å². The number of aromatic nitrogens is 2. The lowest BCUT2D eigenvalue weighted by atomic mass is 9.86. The average molecular weight is 639 g/mol. The first kappa shape index (κ1) is 30.4. The number of carbonyl (C=O) groups is 1. The molecule has 0 saturated carbocycles.